The van der Waals surface area contributed by atoms with Crippen molar-refractivity contribution in [2.75, 3.05) is 11.9 Å². The van der Waals surface area contributed by atoms with Crippen LogP contribution in [0, 0.1) is 0 Å². The number of tetrazole rings is 1. The zero-order valence-corrected chi connectivity index (χ0v) is 15.0. The molecule has 0 atom stereocenters. The number of carbonyl (C=O) groups excluding carboxylic acids is 1. The van der Waals surface area contributed by atoms with Crippen molar-refractivity contribution in [2.24, 2.45) is 0 Å². The molecule has 1 aliphatic carbocycles. The van der Waals surface area contributed by atoms with E-state index in [0.717, 1.165) is 42.1 Å². The van der Waals surface area contributed by atoms with Crippen LogP contribution in [0.2, 0.25) is 0 Å². The van der Waals surface area contributed by atoms with Crippen LogP contribution in [0.4, 0.5) is 5.69 Å². The van der Waals surface area contributed by atoms with E-state index < -0.39 is 0 Å². The van der Waals surface area contributed by atoms with Gasteiger partial charge < -0.3 is 10.1 Å². The topological polar surface area (TPSA) is 81.9 Å². The fourth-order valence-corrected chi connectivity index (χ4v) is 3.93. The van der Waals surface area contributed by atoms with E-state index in [1.165, 1.54) is 32.1 Å². The minimum atomic E-state index is 0.0733. The molecule has 2 aromatic rings. The SMILES string of the molecule is O=C1CCc2c(cccc2OCCCc2nnnn2C2CCCCC2)N1. The van der Waals surface area contributed by atoms with Crippen molar-refractivity contribution >= 4 is 11.6 Å². The number of ether oxygens (including phenoxy) is 1. The van der Waals surface area contributed by atoms with E-state index in [4.69, 9.17) is 4.74 Å². The summed E-state index contributed by atoms with van der Waals surface area (Å²) in [4.78, 5) is 11.5. The Morgan fingerprint density at radius 2 is 2.08 bits per heavy atom. The molecule has 1 fully saturated rings. The molecule has 1 amide bonds. The van der Waals surface area contributed by atoms with E-state index in [0.29, 0.717) is 19.1 Å². The van der Waals surface area contributed by atoms with Crippen molar-refractivity contribution < 1.29 is 9.53 Å². The molecule has 0 radical (unpaired) electrons. The number of amides is 1. The van der Waals surface area contributed by atoms with Crippen LogP contribution in [-0.4, -0.2) is 32.7 Å². The Morgan fingerprint density at radius 3 is 2.96 bits per heavy atom. The van der Waals surface area contributed by atoms with Gasteiger partial charge in [0.05, 0.1) is 12.6 Å². The average molecular weight is 355 g/mol. The largest absolute Gasteiger partial charge is 0.493 e. The van der Waals surface area contributed by atoms with Crippen LogP contribution in [0.15, 0.2) is 18.2 Å². The lowest BCUT2D eigenvalue weighted by molar-refractivity contribution is -0.116. The van der Waals surface area contributed by atoms with Gasteiger partial charge in [0.2, 0.25) is 5.91 Å². The number of carbonyl (C=O) groups is 1. The van der Waals surface area contributed by atoms with Gasteiger partial charge in [0.25, 0.3) is 0 Å². The fraction of sp³-hybridized carbons (Fsp3) is 0.579. The highest BCUT2D eigenvalue weighted by molar-refractivity contribution is 5.94. The quantitative estimate of drug-likeness (QED) is 0.805. The molecule has 7 heteroatoms. The van der Waals surface area contributed by atoms with Crippen LogP contribution >= 0.6 is 0 Å². The number of fused-ring (bicyclic) bond motifs is 1. The van der Waals surface area contributed by atoms with Gasteiger partial charge in [-0.3, -0.25) is 4.79 Å². The Bertz CT molecular complexity index is 767. The number of rotatable bonds is 6. The number of nitrogens with zero attached hydrogens (tertiary/aromatic N) is 4. The lowest BCUT2D eigenvalue weighted by atomic mass is 9.95. The van der Waals surface area contributed by atoms with Crippen molar-refractivity contribution in [3.8, 4) is 5.75 Å². The van der Waals surface area contributed by atoms with Gasteiger partial charge in [0, 0.05) is 24.1 Å². The maximum Gasteiger partial charge on any atom is 0.224 e. The van der Waals surface area contributed by atoms with Gasteiger partial charge in [-0.05, 0) is 48.2 Å². The standard InChI is InChI=1S/C19H25N5O2/c25-19-12-11-15-16(20-19)8-4-9-17(15)26-13-5-10-18-21-22-23-24(18)14-6-2-1-3-7-14/h4,8-9,14H,1-3,5-7,10-13H2,(H,20,25). The molecule has 1 saturated carbocycles. The molecule has 2 heterocycles. The number of nitrogens with one attached hydrogen (secondary N) is 1. The molecule has 1 N–H and O–H groups in total. The predicted octanol–water partition coefficient (Wildman–Crippen LogP) is 3.07. The predicted molar refractivity (Wildman–Crippen MR) is 97.1 cm³/mol. The maximum atomic E-state index is 11.5. The van der Waals surface area contributed by atoms with E-state index in [1.54, 1.807) is 0 Å². The van der Waals surface area contributed by atoms with Crippen molar-refractivity contribution in [3.05, 3.63) is 29.6 Å². The summed E-state index contributed by atoms with van der Waals surface area (Å²) in [7, 11) is 0. The second kappa shape index (κ2) is 7.85. The van der Waals surface area contributed by atoms with Gasteiger partial charge in [-0.25, -0.2) is 4.68 Å². The van der Waals surface area contributed by atoms with Crippen molar-refractivity contribution in [1.29, 1.82) is 0 Å². The normalized spacial score (nSPS) is 17.6. The number of benzene rings is 1. The summed E-state index contributed by atoms with van der Waals surface area (Å²) < 4.78 is 8.02. The Balaban J connectivity index is 1.32. The van der Waals surface area contributed by atoms with Gasteiger partial charge in [-0.2, -0.15) is 0 Å². The van der Waals surface area contributed by atoms with Gasteiger partial charge >= 0.3 is 0 Å². The summed E-state index contributed by atoms with van der Waals surface area (Å²) in [5, 5.41) is 15.2. The molecule has 7 nitrogen and oxygen atoms in total. The molecule has 0 unspecified atom stereocenters. The fourth-order valence-electron chi connectivity index (χ4n) is 3.93. The minimum Gasteiger partial charge on any atom is -0.493 e. The molecule has 138 valence electrons. The molecule has 2 aliphatic rings. The first kappa shape index (κ1) is 17.0. The molecule has 0 bridgehead atoms. The van der Waals surface area contributed by atoms with E-state index in [9.17, 15) is 4.79 Å². The number of hydrogen-bond acceptors (Lipinski definition) is 5. The van der Waals surface area contributed by atoms with Crippen LogP contribution < -0.4 is 10.1 Å². The summed E-state index contributed by atoms with van der Waals surface area (Å²) >= 11 is 0. The lowest BCUT2D eigenvalue weighted by Crippen LogP contribution is -2.19. The molecular formula is C19H25N5O2. The maximum absolute atomic E-state index is 11.5. The van der Waals surface area contributed by atoms with Gasteiger partial charge in [-0.15, -0.1) is 5.10 Å². The van der Waals surface area contributed by atoms with E-state index in [-0.39, 0.29) is 5.91 Å². The molecule has 1 aliphatic heterocycles. The smallest absolute Gasteiger partial charge is 0.224 e. The molecular weight excluding hydrogens is 330 g/mol. The Kier molecular flexibility index (Phi) is 5.13. The first-order valence-electron chi connectivity index (χ1n) is 9.62. The summed E-state index contributed by atoms with van der Waals surface area (Å²) in [5.74, 6) is 1.90. The zero-order valence-electron chi connectivity index (χ0n) is 15.0. The first-order chi connectivity index (χ1) is 12.8. The summed E-state index contributed by atoms with van der Waals surface area (Å²) in [5.41, 5.74) is 1.97. The van der Waals surface area contributed by atoms with Gasteiger partial charge in [-0.1, -0.05) is 25.3 Å². The second-order valence-corrected chi connectivity index (χ2v) is 7.11. The third-order valence-electron chi connectivity index (χ3n) is 5.29. The van der Waals surface area contributed by atoms with Gasteiger partial charge in [0.15, 0.2) is 5.82 Å². The number of aromatic nitrogens is 4. The van der Waals surface area contributed by atoms with Crippen LogP contribution in [-0.2, 0) is 17.6 Å². The van der Waals surface area contributed by atoms with Gasteiger partial charge in [0.1, 0.15) is 5.75 Å². The van der Waals surface area contributed by atoms with Crippen molar-refractivity contribution in [1.82, 2.24) is 20.2 Å². The summed E-state index contributed by atoms with van der Waals surface area (Å²) in [6.45, 7) is 0.613. The number of hydrogen-bond donors (Lipinski definition) is 1. The monoisotopic (exact) mass is 355 g/mol. The molecule has 0 saturated heterocycles. The zero-order chi connectivity index (χ0) is 17.8. The third-order valence-corrected chi connectivity index (χ3v) is 5.29. The molecule has 4 rings (SSSR count). The van der Waals surface area contributed by atoms with Crippen LogP contribution in [0.5, 0.6) is 5.75 Å². The van der Waals surface area contributed by atoms with E-state index in [2.05, 4.69) is 20.8 Å². The number of anilines is 1. The average Bonchev–Trinajstić information content (AvgIpc) is 3.14. The summed E-state index contributed by atoms with van der Waals surface area (Å²) in [6.07, 6.45) is 9.14. The molecule has 1 aromatic carbocycles. The molecule has 26 heavy (non-hydrogen) atoms. The lowest BCUT2D eigenvalue weighted by Gasteiger charge is -2.22. The Labute approximate surface area is 153 Å². The third kappa shape index (κ3) is 3.71. The second-order valence-electron chi connectivity index (χ2n) is 7.11. The first-order valence-corrected chi connectivity index (χ1v) is 9.62. The van der Waals surface area contributed by atoms with Crippen LogP contribution in [0.25, 0.3) is 0 Å². The molecule has 0 spiro atoms. The number of aryl methyl sites for hydroxylation is 1. The van der Waals surface area contributed by atoms with Crippen LogP contribution in [0.1, 0.15) is 62.4 Å². The van der Waals surface area contributed by atoms with E-state index in [1.807, 2.05) is 22.9 Å². The highest BCUT2D eigenvalue weighted by Crippen LogP contribution is 2.31. The van der Waals surface area contributed by atoms with Crippen molar-refractivity contribution in [3.63, 3.8) is 0 Å². The van der Waals surface area contributed by atoms with Crippen molar-refractivity contribution in [2.45, 2.75) is 63.8 Å². The van der Waals surface area contributed by atoms with Crippen LogP contribution in [0.3, 0.4) is 0 Å². The summed E-state index contributed by atoms with van der Waals surface area (Å²) in [6, 6.07) is 6.28. The Morgan fingerprint density at radius 1 is 1.19 bits per heavy atom. The molecule has 1 aromatic heterocycles. The minimum absolute atomic E-state index is 0.0733. The Hall–Kier alpha value is -2.44. The van der Waals surface area contributed by atoms with E-state index >= 15 is 0 Å². The highest BCUT2D eigenvalue weighted by Gasteiger charge is 2.20. The highest BCUT2D eigenvalue weighted by atomic mass is 16.5.